The van der Waals surface area contributed by atoms with Crippen molar-refractivity contribution in [1.82, 2.24) is 5.32 Å². The second kappa shape index (κ2) is 6.92. The van der Waals surface area contributed by atoms with Crippen molar-refractivity contribution in [3.05, 3.63) is 23.7 Å². The molecular weight excluding hydrogens is 230 g/mol. The van der Waals surface area contributed by atoms with Crippen LogP contribution in [0, 0.1) is 0 Å². The first-order valence-corrected chi connectivity index (χ1v) is 6.73. The summed E-state index contributed by atoms with van der Waals surface area (Å²) in [6, 6.07) is 2.68. The largest absolute Gasteiger partial charge is 0.468 e. The van der Waals surface area contributed by atoms with Crippen LogP contribution in [0.25, 0.3) is 0 Å². The number of hydrogen-bond donors (Lipinski definition) is 1. The minimum Gasteiger partial charge on any atom is -0.468 e. The number of hydrogen-bond acceptors (Lipinski definition) is 4. The van der Waals surface area contributed by atoms with E-state index in [4.69, 9.17) is 13.9 Å². The molecule has 1 aromatic heterocycles. The molecule has 0 saturated heterocycles. The molecule has 1 aliphatic rings. The van der Waals surface area contributed by atoms with Crippen molar-refractivity contribution in [1.29, 1.82) is 0 Å². The van der Waals surface area contributed by atoms with Crippen LogP contribution in [0.5, 0.6) is 0 Å². The van der Waals surface area contributed by atoms with Gasteiger partial charge in [-0.15, -0.1) is 0 Å². The van der Waals surface area contributed by atoms with Crippen LogP contribution in [0.3, 0.4) is 0 Å². The molecule has 1 aliphatic carbocycles. The Hall–Kier alpha value is -0.840. The Morgan fingerprint density at radius 1 is 1.39 bits per heavy atom. The van der Waals surface area contributed by atoms with Crippen molar-refractivity contribution in [2.75, 3.05) is 13.2 Å². The van der Waals surface area contributed by atoms with Gasteiger partial charge in [0.1, 0.15) is 5.76 Å². The van der Waals surface area contributed by atoms with Gasteiger partial charge in [-0.1, -0.05) is 0 Å². The second-order valence-electron chi connectivity index (χ2n) is 5.00. The molecule has 1 heterocycles. The molecular formula is C14H23NO3. The predicted octanol–water partition coefficient (Wildman–Crippen LogP) is 2.47. The molecule has 0 unspecified atom stereocenters. The SMILES string of the molecule is CC(C)OCCOCc1ccoc1CNC1CC1. The second-order valence-corrected chi connectivity index (χ2v) is 5.00. The maximum Gasteiger partial charge on any atom is 0.123 e. The fraction of sp³-hybridized carbons (Fsp3) is 0.714. The molecule has 1 fully saturated rings. The molecule has 18 heavy (non-hydrogen) atoms. The summed E-state index contributed by atoms with van der Waals surface area (Å²) in [7, 11) is 0. The Labute approximate surface area is 109 Å². The van der Waals surface area contributed by atoms with E-state index in [1.54, 1.807) is 6.26 Å². The number of nitrogens with one attached hydrogen (secondary N) is 1. The van der Waals surface area contributed by atoms with E-state index in [0.29, 0.717) is 25.9 Å². The minimum absolute atomic E-state index is 0.265. The van der Waals surface area contributed by atoms with Gasteiger partial charge in [-0.25, -0.2) is 0 Å². The highest BCUT2D eigenvalue weighted by atomic mass is 16.5. The molecule has 2 rings (SSSR count). The molecule has 1 aromatic rings. The lowest BCUT2D eigenvalue weighted by molar-refractivity contribution is 0.0139. The van der Waals surface area contributed by atoms with Crippen LogP contribution >= 0.6 is 0 Å². The summed E-state index contributed by atoms with van der Waals surface area (Å²) in [6.45, 7) is 6.72. The normalized spacial score (nSPS) is 15.5. The summed E-state index contributed by atoms with van der Waals surface area (Å²) in [5.74, 6) is 0.992. The summed E-state index contributed by atoms with van der Waals surface area (Å²) in [6.07, 6.45) is 4.58. The smallest absolute Gasteiger partial charge is 0.123 e. The quantitative estimate of drug-likeness (QED) is 0.687. The van der Waals surface area contributed by atoms with Crippen LogP contribution in [-0.2, 0) is 22.6 Å². The zero-order valence-electron chi connectivity index (χ0n) is 11.3. The zero-order chi connectivity index (χ0) is 12.8. The van der Waals surface area contributed by atoms with Gasteiger partial charge in [0.05, 0.1) is 38.7 Å². The standard InChI is InChI=1S/C14H23NO3/c1-11(2)17-8-7-16-10-12-5-6-18-14(12)9-15-13-3-4-13/h5-6,11,13,15H,3-4,7-10H2,1-2H3. The molecule has 0 aromatic carbocycles. The van der Waals surface area contributed by atoms with Crippen molar-refractivity contribution in [3.8, 4) is 0 Å². The zero-order valence-corrected chi connectivity index (χ0v) is 11.3. The van der Waals surface area contributed by atoms with Gasteiger partial charge in [-0.2, -0.15) is 0 Å². The van der Waals surface area contributed by atoms with Gasteiger partial charge in [0.25, 0.3) is 0 Å². The summed E-state index contributed by atoms with van der Waals surface area (Å²) in [5, 5.41) is 3.44. The predicted molar refractivity (Wildman–Crippen MR) is 69.3 cm³/mol. The summed E-state index contributed by atoms with van der Waals surface area (Å²) in [5.41, 5.74) is 1.13. The third kappa shape index (κ3) is 4.80. The van der Waals surface area contributed by atoms with Gasteiger partial charge in [0, 0.05) is 11.6 Å². The van der Waals surface area contributed by atoms with E-state index in [2.05, 4.69) is 5.32 Å². The fourth-order valence-corrected chi connectivity index (χ4v) is 1.70. The molecule has 0 aliphatic heterocycles. The van der Waals surface area contributed by atoms with Crippen molar-refractivity contribution in [2.24, 2.45) is 0 Å². The van der Waals surface area contributed by atoms with Crippen molar-refractivity contribution in [3.63, 3.8) is 0 Å². The van der Waals surface area contributed by atoms with Crippen LogP contribution < -0.4 is 5.32 Å². The van der Waals surface area contributed by atoms with E-state index in [9.17, 15) is 0 Å². The molecule has 0 atom stereocenters. The third-order valence-corrected chi connectivity index (χ3v) is 2.90. The van der Waals surface area contributed by atoms with Crippen LogP contribution in [0.2, 0.25) is 0 Å². The van der Waals surface area contributed by atoms with Gasteiger partial charge in [0.15, 0.2) is 0 Å². The average molecular weight is 253 g/mol. The van der Waals surface area contributed by atoms with Crippen LogP contribution in [0.4, 0.5) is 0 Å². The highest BCUT2D eigenvalue weighted by Gasteiger charge is 2.21. The average Bonchev–Trinajstić information content (AvgIpc) is 3.06. The van der Waals surface area contributed by atoms with Crippen LogP contribution in [-0.4, -0.2) is 25.4 Å². The summed E-state index contributed by atoms with van der Waals surface area (Å²) < 4.78 is 16.5. The number of ether oxygens (including phenoxy) is 2. The van der Waals surface area contributed by atoms with Gasteiger partial charge in [0.2, 0.25) is 0 Å². The van der Waals surface area contributed by atoms with Crippen LogP contribution in [0.1, 0.15) is 38.0 Å². The first-order chi connectivity index (χ1) is 8.75. The van der Waals surface area contributed by atoms with Gasteiger partial charge in [-0.3, -0.25) is 0 Å². The van der Waals surface area contributed by atoms with Gasteiger partial charge >= 0.3 is 0 Å². The Bertz CT molecular complexity index is 345. The molecule has 0 spiro atoms. The molecule has 1 saturated carbocycles. The Morgan fingerprint density at radius 3 is 2.94 bits per heavy atom. The van der Waals surface area contributed by atoms with Crippen molar-refractivity contribution >= 4 is 0 Å². The van der Waals surface area contributed by atoms with Crippen molar-refractivity contribution in [2.45, 2.75) is 52.0 Å². The van der Waals surface area contributed by atoms with E-state index in [-0.39, 0.29) is 6.10 Å². The molecule has 0 bridgehead atoms. The van der Waals surface area contributed by atoms with E-state index < -0.39 is 0 Å². The molecule has 4 heteroatoms. The van der Waals surface area contributed by atoms with E-state index in [1.165, 1.54) is 12.8 Å². The molecule has 4 nitrogen and oxygen atoms in total. The Kier molecular flexibility index (Phi) is 5.23. The monoisotopic (exact) mass is 253 g/mol. The van der Waals surface area contributed by atoms with Gasteiger partial charge in [-0.05, 0) is 32.8 Å². The number of rotatable bonds is 9. The lowest BCUT2D eigenvalue weighted by atomic mass is 10.2. The molecule has 0 radical (unpaired) electrons. The van der Waals surface area contributed by atoms with Crippen molar-refractivity contribution < 1.29 is 13.9 Å². The maximum atomic E-state index is 5.58. The topological polar surface area (TPSA) is 43.6 Å². The van der Waals surface area contributed by atoms with E-state index in [1.807, 2.05) is 19.9 Å². The Balaban J connectivity index is 1.63. The highest BCUT2D eigenvalue weighted by molar-refractivity contribution is 5.16. The Morgan fingerprint density at radius 2 is 2.22 bits per heavy atom. The van der Waals surface area contributed by atoms with Gasteiger partial charge < -0.3 is 19.2 Å². The fourth-order valence-electron chi connectivity index (χ4n) is 1.70. The van der Waals surface area contributed by atoms with E-state index in [0.717, 1.165) is 17.9 Å². The first-order valence-electron chi connectivity index (χ1n) is 6.73. The lowest BCUT2D eigenvalue weighted by Gasteiger charge is -2.08. The van der Waals surface area contributed by atoms with Crippen LogP contribution in [0.15, 0.2) is 16.7 Å². The summed E-state index contributed by atoms with van der Waals surface area (Å²) >= 11 is 0. The molecule has 0 amide bonds. The first kappa shape index (κ1) is 13.6. The summed E-state index contributed by atoms with van der Waals surface area (Å²) in [4.78, 5) is 0. The maximum absolute atomic E-state index is 5.58. The molecule has 102 valence electrons. The minimum atomic E-state index is 0.265. The lowest BCUT2D eigenvalue weighted by Crippen LogP contribution is -2.16. The highest BCUT2D eigenvalue weighted by Crippen LogP contribution is 2.20. The molecule has 1 N–H and O–H groups in total. The van der Waals surface area contributed by atoms with E-state index >= 15 is 0 Å². The number of furan rings is 1. The third-order valence-electron chi connectivity index (χ3n) is 2.90.